The molecule has 1 N–H and O–H groups in total. The van der Waals surface area contributed by atoms with Crippen LogP contribution in [0.5, 0.6) is 0 Å². The predicted molar refractivity (Wildman–Crippen MR) is 76.4 cm³/mol. The normalized spacial score (nSPS) is 10.4. The highest BCUT2D eigenvalue weighted by Crippen LogP contribution is 2.24. The molecule has 0 radical (unpaired) electrons. The second kappa shape index (κ2) is 6.70. The molecule has 0 aliphatic rings. The first-order chi connectivity index (χ1) is 10.4. The van der Waals surface area contributed by atoms with Crippen molar-refractivity contribution in [1.29, 1.82) is 0 Å². The summed E-state index contributed by atoms with van der Waals surface area (Å²) in [6.45, 7) is -0.130. The van der Waals surface area contributed by atoms with Crippen molar-refractivity contribution in [1.82, 2.24) is 0 Å². The number of halogens is 4. The van der Waals surface area contributed by atoms with Gasteiger partial charge in [-0.2, -0.15) is 0 Å². The fraction of sp³-hybridized carbons (Fsp3) is 0.133. The Hall–Kier alpha value is -2.21. The third-order valence-electron chi connectivity index (χ3n) is 2.98. The number of carbonyl (C=O) groups excluding carboxylic acids is 1. The second-order valence-corrected chi connectivity index (χ2v) is 4.76. The molecule has 0 saturated carbocycles. The van der Waals surface area contributed by atoms with Crippen LogP contribution in [0.25, 0.3) is 0 Å². The summed E-state index contributed by atoms with van der Waals surface area (Å²) in [5, 5.41) is 2.75. The minimum absolute atomic E-state index is 0.130. The van der Waals surface area contributed by atoms with Gasteiger partial charge in [-0.15, -0.1) is 0 Å². The Balaban J connectivity index is 2.28. The highest BCUT2D eigenvalue weighted by atomic mass is 35.5. The summed E-state index contributed by atoms with van der Waals surface area (Å²) in [7, 11) is 1.08. The van der Waals surface area contributed by atoms with Crippen LogP contribution in [0.15, 0.2) is 30.3 Å². The Morgan fingerprint density at radius 2 is 1.91 bits per heavy atom. The molecule has 0 heterocycles. The van der Waals surface area contributed by atoms with Crippen LogP contribution in [0.4, 0.5) is 18.9 Å². The van der Waals surface area contributed by atoms with Gasteiger partial charge in [-0.3, -0.25) is 0 Å². The molecule has 3 nitrogen and oxygen atoms in total. The lowest BCUT2D eigenvalue weighted by atomic mass is 10.1. The van der Waals surface area contributed by atoms with Gasteiger partial charge in [0.1, 0.15) is 17.5 Å². The number of hydrogen-bond acceptors (Lipinski definition) is 3. The van der Waals surface area contributed by atoms with E-state index in [0.29, 0.717) is 6.07 Å². The molecular weight excluding hydrogens is 319 g/mol. The van der Waals surface area contributed by atoms with Gasteiger partial charge in [-0.05, 0) is 18.2 Å². The molecule has 2 aromatic rings. The van der Waals surface area contributed by atoms with Crippen molar-refractivity contribution in [3.05, 3.63) is 63.9 Å². The van der Waals surface area contributed by atoms with Crippen molar-refractivity contribution in [2.45, 2.75) is 6.54 Å². The highest BCUT2D eigenvalue weighted by molar-refractivity contribution is 6.31. The number of nitrogens with one attached hydrogen (secondary N) is 1. The maximum absolute atomic E-state index is 13.7. The number of esters is 1. The van der Waals surface area contributed by atoms with Crippen molar-refractivity contribution < 1.29 is 22.7 Å². The number of hydrogen-bond donors (Lipinski definition) is 1. The van der Waals surface area contributed by atoms with Crippen molar-refractivity contribution >= 4 is 23.3 Å². The largest absolute Gasteiger partial charge is 0.465 e. The fourth-order valence-electron chi connectivity index (χ4n) is 1.84. The SMILES string of the molecule is COC(=O)c1cc(NCc2c(F)cccc2Cl)c(F)cc1F. The van der Waals surface area contributed by atoms with Gasteiger partial charge in [-0.25, -0.2) is 18.0 Å². The zero-order valence-corrected chi connectivity index (χ0v) is 12.2. The minimum atomic E-state index is -1.04. The Labute approximate surface area is 129 Å². The summed E-state index contributed by atoms with van der Waals surface area (Å²) in [4.78, 5) is 11.4. The Bertz CT molecular complexity index is 702. The molecule has 0 amide bonds. The van der Waals surface area contributed by atoms with E-state index >= 15 is 0 Å². The van der Waals surface area contributed by atoms with Crippen LogP contribution in [0.2, 0.25) is 5.02 Å². The van der Waals surface area contributed by atoms with Crippen molar-refractivity contribution in [3.8, 4) is 0 Å². The lowest BCUT2D eigenvalue weighted by Crippen LogP contribution is -2.09. The van der Waals surface area contributed by atoms with E-state index in [-0.39, 0.29) is 22.8 Å². The molecule has 0 spiro atoms. The number of rotatable bonds is 4. The van der Waals surface area contributed by atoms with Gasteiger partial charge in [0, 0.05) is 23.2 Å². The van der Waals surface area contributed by atoms with Crippen molar-refractivity contribution in [3.63, 3.8) is 0 Å². The molecule has 0 unspecified atom stereocenters. The summed E-state index contributed by atoms with van der Waals surface area (Å²) in [6.07, 6.45) is 0. The molecule has 0 aliphatic heterocycles. The maximum atomic E-state index is 13.7. The van der Waals surface area contributed by atoms with E-state index in [0.717, 1.165) is 13.2 Å². The molecule has 0 saturated heterocycles. The van der Waals surface area contributed by atoms with E-state index in [1.165, 1.54) is 18.2 Å². The maximum Gasteiger partial charge on any atom is 0.340 e. The Morgan fingerprint density at radius 3 is 2.55 bits per heavy atom. The first-order valence-electron chi connectivity index (χ1n) is 6.18. The Morgan fingerprint density at radius 1 is 1.18 bits per heavy atom. The molecule has 0 fully saturated rings. The predicted octanol–water partition coefficient (Wildman–Crippen LogP) is 4.16. The van der Waals surface area contributed by atoms with Gasteiger partial charge < -0.3 is 10.1 Å². The van der Waals surface area contributed by atoms with E-state index < -0.39 is 29.0 Å². The summed E-state index contributed by atoms with van der Waals surface area (Å²) >= 11 is 5.86. The van der Waals surface area contributed by atoms with Gasteiger partial charge in [-0.1, -0.05) is 17.7 Å². The zero-order chi connectivity index (χ0) is 16.3. The standard InChI is InChI=1S/C15H11ClF3NO2/c1-22-15(21)8-5-14(13(19)6-12(8)18)20-7-9-10(16)3-2-4-11(9)17/h2-6,20H,7H2,1H3. The first-order valence-corrected chi connectivity index (χ1v) is 6.56. The zero-order valence-electron chi connectivity index (χ0n) is 11.4. The highest BCUT2D eigenvalue weighted by Gasteiger charge is 2.17. The summed E-state index contributed by atoms with van der Waals surface area (Å²) in [5.74, 6) is -3.46. The number of carbonyl (C=O) groups is 1. The summed E-state index contributed by atoms with van der Waals surface area (Å²) in [5.41, 5.74) is -0.459. The quantitative estimate of drug-likeness (QED) is 0.856. The topological polar surface area (TPSA) is 38.3 Å². The summed E-state index contributed by atoms with van der Waals surface area (Å²) < 4.78 is 45.3. The molecule has 2 aromatic carbocycles. The smallest absolute Gasteiger partial charge is 0.340 e. The first kappa shape index (κ1) is 16.2. The van der Waals surface area contributed by atoms with Gasteiger partial charge in [0.15, 0.2) is 0 Å². The van der Waals surface area contributed by atoms with Crippen LogP contribution < -0.4 is 5.32 Å². The van der Waals surface area contributed by atoms with Crippen LogP contribution >= 0.6 is 11.6 Å². The average molecular weight is 330 g/mol. The number of ether oxygens (including phenoxy) is 1. The molecule has 7 heteroatoms. The van der Waals surface area contributed by atoms with Gasteiger partial charge in [0.25, 0.3) is 0 Å². The van der Waals surface area contributed by atoms with E-state index in [1.54, 1.807) is 0 Å². The van der Waals surface area contributed by atoms with Crippen LogP contribution in [-0.4, -0.2) is 13.1 Å². The monoisotopic (exact) mass is 329 g/mol. The molecule has 116 valence electrons. The van der Waals surface area contributed by atoms with E-state index in [1.807, 2.05) is 0 Å². The number of methoxy groups -OCH3 is 1. The molecule has 0 atom stereocenters. The van der Waals surface area contributed by atoms with E-state index in [4.69, 9.17) is 11.6 Å². The van der Waals surface area contributed by atoms with Gasteiger partial charge in [0.2, 0.25) is 0 Å². The van der Waals surface area contributed by atoms with Gasteiger partial charge >= 0.3 is 5.97 Å². The minimum Gasteiger partial charge on any atom is -0.465 e. The molecule has 0 aromatic heterocycles. The lowest BCUT2D eigenvalue weighted by Gasteiger charge is -2.11. The lowest BCUT2D eigenvalue weighted by molar-refractivity contribution is 0.0595. The fourth-order valence-corrected chi connectivity index (χ4v) is 2.07. The third kappa shape index (κ3) is 3.33. The number of benzene rings is 2. The molecule has 0 aliphatic carbocycles. The molecule has 2 rings (SSSR count). The molecular formula is C15H11ClF3NO2. The van der Waals surface area contributed by atoms with Crippen LogP contribution in [0.1, 0.15) is 15.9 Å². The second-order valence-electron chi connectivity index (χ2n) is 4.36. The summed E-state index contributed by atoms with van der Waals surface area (Å²) in [6, 6.07) is 5.66. The van der Waals surface area contributed by atoms with E-state index in [9.17, 15) is 18.0 Å². The van der Waals surface area contributed by atoms with E-state index in [2.05, 4.69) is 10.1 Å². The molecule has 0 bridgehead atoms. The van der Waals surface area contributed by atoms with Gasteiger partial charge in [0.05, 0.1) is 18.4 Å². The van der Waals surface area contributed by atoms with Crippen LogP contribution in [0, 0.1) is 17.5 Å². The third-order valence-corrected chi connectivity index (χ3v) is 3.33. The molecule has 22 heavy (non-hydrogen) atoms. The Kier molecular flexibility index (Phi) is 4.92. The van der Waals surface area contributed by atoms with Crippen molar-refractivity contribution in [2.75, 3.05) is 12.4 Å². The van der Waals surface area contributed by atoms with Crippen LogP contribution in [-0.2, 0) is 11.3 Å². The van der Waals surface area contributed by atoms with Crippen molar-refractivity contribution in [2.24, 2.45) is 0 Å². The van der Waals surface area contributed by atoms with Crippen LogP contribution in [0.3, 0.4) is 0 Å². The average Bonchev–Trinajstić information content (AvgIpc) is 2.47. The number of anilines is 1.